The van der Waals surface area contributed by atoms with Gasteiger partial charge in [0.15, 0.2) is 11.5 Å². The third-order valence-electron chi connectivity index (χ3n) is 1.73. The molecule has 2 rings (SSSR count). The number of hydrogen-bond donors (Lipinski definition) is 1. The van der Waals surface area contributed by atoms with Crippen LogP contribution in [-0.2, 0) is 0 Å². The summed E-state index contributed by atoms with van der Waals surface area (Å²) in [5, 5.41) is 0. The molecule has 6 heteroatoms. The predicted octanol–water partition coefficient (Wildman–Crippen LogP) is 1.19. The molecule has 0 fully saturated rings. The summed E-state index contributed by atoms with van der Waals surface area (Å²) in [6.45, 7) is 0. The third kappa shape index (κ3) is 1.39. The first-order chi connectivity index (χ1) is 6.83. The van der Waals surface area contributed by atoms with Gasteiger partial charge in [-0.2, -0.15) is 8.75 Å². The molecule has 0 atom stereocenters. The molecule has 2 aromatic rings. The van der Waals surface area contributed by atoms with Crippen LogP contribution in [0.1, 0.15) is 0 Å². The molecule has 0 aliphatic heterocycles. The maximum Gasteiger partial charge on any atom is 0.167 e. The van der Waals surface area contributed by atoms with Crippen molar-refractivity contribution in [2.24, 2.45) is 0 Å². The standard InChI is InChI=1S/C8H8N4OS/c1-13-5-3-2-4-10-6(5)7-8(9)12-14-11-7/h2-4H,1H3,(H2,9,12). The van der Waals surface area contributed by atoms with E-state index in [1.807, 2.05) is 0 Å². The molecule has 0 aliphatic rings. The lowest BCUT2D eigenvalue weighted by molar-refractivity contribution is 0.414. The molecule has 14 heavy (non-hydrogen) atoms. The van der Waals surface area contributed by atoms with E-state index in [4.69, 9.17) is 10.5 Å². The van der Waals surface area contributed by atoms with Crippen molar-refractivity contribution in [2.45, 2.75) is 0 Å². The second-order valence-electron chi connectivity index (χ2n) is 2.55. The van der Waals surface area contributed by atoms with E-state index in [-0.39, 0.29) is 0 Å². The van der Waals surface area contributed by atoms with E-state index in [0.717, 1.165) is 11.7 Å². The summed E-state index contributed by atoms with van der Waals surface area (Å²) in [7, 11) is 1.58. The van der Waals surface area contributed by atoms with Gasteiger partial charge in [0.2, 0.25) is 0 Å². The van der Waals surface area contributed by atoms with Gasteiger partial charge in [0.05, 0.1) is 18.8 Å². The highest BCUT2D eigenvalue weighted by molar-refractivity contribution is 6.99. The Kier molecular flexibility index (Phi) is 2.28. The SMILES string of the molecule is COc1cccnc1-c1nsnc1N. The Morgan fingerprint density at radius 1 is 1.36 bits per heavy atom. The van der Waals surface area contributed by atoms with Crippen molar-refractivity contribution in [1.82, 2.24) is 13.7 Å². The minimum atomic E-state index is 0.381. The molecule has 72 valence electrons. The molecule has 0 radical (unpaired) electrons. The quantitative estimate of drug-likeness (QED) is 0.802. The van der Waals surface area contributed by atoms with E-state index in [1.165, 1.54) is 0 Å². The number of nitrogens with two attached hydrogens (primary N) is 1. The fraction of sp³-hybridized carbons (Fsp3) is 0.125. The van der Waals surface area contributed by atoms with Crippen molar-refractivity contribution in [3.63, 3.8) is 0 Å². The molecule has 0 aromatic carbocycles. The number of nitrogens with zero attached hydrogens (tertiary/aromatic N) is 3. The Bertz CT molecular complexity index is 442. The maximum absolute atomic E-state index is 5.64. The van der Waals surface area contributed by atoms with Gasteiger partial charge in [0, 0.05) is 6.20 Å². The van der Waals surface area contributed by atoms with E-state index in [1.54, 1.807) is 25.4 Å². The summed E-state index contributed by atoms with van der Waals surface area (Å²) in [5.74, 6) is 1.03. The highest BCUT2D eigenvalue weighted by atomic mass is 32.1. The maximum atomic E-state index is 5.64. The lowest BCUT2D eigenvalue weighted by Crippen LogP contribution is -1.94. The van der Waals surface area contributed by atoms with Crippen molar-refractivity contribution < 1.29 is 4.74 Å². The van der Waals surface area contributed by atoms with E-state index < -0.39 is 0 Å². The van der Waals surface area contributed by atoms with Crippen molar-refractivity contribution in [3.05, 3.63) is 18.3 Å². The van der Waals surface area contributed by atoms with Crippen molar-refractivity contribution in [1.29, 1.82) is 0 Å². The summed E-state index contributed by atoms with van der Waals surface area (Å²) in [4.78, 5) is 4.15. The Morgan fingerprint density at radius 2 is 2.21 bits per heavy atom. The van der Waals surface area contributed by atoms with Crippen LogP contribution in [-0.4, -0.2) is 20.8 Å². The first-order valence-electron chi connectivity index (χ1n) is 3.90. The average molecular weight is 208 g/mol. The van der Waals surface area contributed by atoms with E-state index in [0.29, 0.717) is 23.0 Å². The molecule has 2 N–H and O–H groups in total. The highest BCUT2D eigenvalue weighted by Gasteiger charge is 2.13. The van der Waals surface area contributed by atoms with Crippen LogP contribution in [0.3, 0.4) is 0 Å². The Morgan fingerprint density at radius 3 is 2.86 bits per heavy atom. The summed E-state index contributed by atoms with van der Waals surface area (Å²) in [6.07, 6.45) is 1.66. The zero-order valence-corrected chi connectivity index (χ0v) is 8.28. The predicted molar refractivity (Wildman–Crippen MR) is 54.1 cm³/mol. The Hall–Kier alpha value is -1.69. The van der Waals surface area contributed by atoms with Gasteiger partial charge in [-0.25, -0.2) is 0 Å². The van der Waals surface area contributed by atoms with Gasteiger partial charge >= 0.3 is 0 Å². The lowest BCUT2D eigenvalue weighted by Gasteiger charge is -2.03. The van der Waals surface area contributed by atoms with Crippen LogP contribution in [0.5, 0.6) is 5.75 Å². The van der Waals surface area contributed by atoms with E-state index >= 15 is 0 Å². The molecule has 0 spiro atoms. The minimum absolute atomic E-state index is 0.381. The molecule has 2 heterocycles. The minimum Gasteiger partial charge on any atom is -0.494 e. The third-order valence-corrected chi connectivity index (χ3v) is 2.27. The number of ether oxygens (including phenoxy) is 1. The first kappa shape index (κ1) is 8.89. The molecular formula is C8H8N4OS. The second kappa shape index (κ2) is 3.59. The summed E-state index contributed by atoms with van der Waals surface area (Å²) in [6, 6.07) is 3.60. The molecule has 0 aliphatic carbocycles. The molecule has 2 aromatic heterocycles. The van der Waals surface area contributed by atoms with Crippen molar-refractivity contribution in [3.8, 4) is 17.1 Å². The molecule has 0 unspecified atom stereocenters. The zero-order valence-electron chi connectivity index (χ0n) is 7.47. The fourth-order valence-electron chi connectivity index (χ4n) is 1.09. The average Bonchev–Trinajstić information content (AvgIpc) is 2.64. The molecule has 0 bridgehead atoms. The fourth-order valence-corrected chi connectivity index (χ4v) is 1.57. The molecule has 0 amide bonds. The molecule has 0 saturated heterocycles. The summed E-state index contributed by atoms with van der Waals surface area (Å²) in [5.41, 5.74) is 6.84. The lowest BCUT2D eigenvalue weighted by atomic mass is 10.2. The van der Waals surface area contributed by atoms with Gasteiger partial charge in [-0.05, 0) is 12.1 Å². The first-order valence-corrected chi connectivity index (χ1v) is 4.63. The van der Waals surface area contributed by atoms with Crippen LogP contribution in [0.4, 0.5) is 5.82 Å². The monoisotopic (exact) mass is 208 g/mol. The van der Waals surface area contributed by atoms with Gasteiger partial charge in [0.25, 0.3) is 0 Å². The molecule has 0 saturated carbocycles. The summed E-state index contributed by atoms with van der Waals surface area (Å²) < 4.78 is 13.1. The topological polar surface area (TPSA) is 73.9 Å². The van der Waals surface area contributed by atoms with Gasteiger partial charge in [0.1, 0.15) is 11.4 Å². The van der Waals surface area contributed by atoms with Crippen LogP contribution in [0.2, 0.25) is 0 Å². The van der Waals surface area contributed by atoms with Crippen LogP contribution in [0.15, 0.2) is 18.3 Å². The Labute approximate surface area is 84.9 Å². The second-order valence-corrected chi connectivity index (χ2v) is 3.08. The normalized spacial score (nSPS) is 10.1. The number of hydrogen-bond acceptors (Lipinski definition) is 6. The largest absolute Gasteiger partial charge is 0.494 e. The van der Waals surface area contributed by atoms with Crippen molar-refractivity contribution in [2.75, 3.05) is 12.8 Å². The van der Waals surface area contributed by atoms with Gasteiger partial charge in [-0.1, -0.05) is 0 Å². The number of anilines is 1. The van der Waals surface area contributed by atoms with Gasteiger partial charge in [-0.15, -0.1) is 0 Å². The molecular weight excluding hydrogens is 200 g/mol. The molecule has 5 nitrogen and oxygen atoms in total. The van der Waals surface area contributed by atoms with Gasteiger partial charge in [-0.3, -0.25) is 4.98 Å². The van der Waals surface area contributed by atoms with Crippen LogP contribution in [0, 0.1) is 0 Å². The number of methoxy groups -OCH3 is 1. The van der Waals surface area contributed by atoms with Crippen LogP contribution < -0.4 is 10.5 Å². The smallest absolute Gasteiger partial charge is 0.167 e. The van der Waals surface area contributed by atoms with E-state index in [2.05, 4.69) is 13.7 Å². The zero-order chi connectivity index (χ0) is 9.97. The highest BCUT2D eigenvalue weighted by Crippen LogP contribution is 2.29. The van der Waals surface area contributed by atoms with Gasteiger partial charge < -0.3 is 10.5 Å². The van der Waals surface area contributed by atoms with Crippen LogP contribution >= 0.6 is 11.7 Å². The number of rotatable bonds is 2. The summed E-state index contributed by atoms with van der Waals surface area (Å²) >= 11 is 1.06. The number of nitrogen functional groups attached to an aromatic ring is 1. The Balaban J connectivity index is 2.56. The van der Waals surface area contributed by atoms with E-state index in [9.17, 15) is 0 Å². The van der Waals surface area contributed by atoms with Crippen molar-refractivity contribution >= 4 is 17.5 Å². The number of aromatic nitrogens is 3. The van der Waals surface area contributed by atoms with Crippen LogP contribution in [0.25, 0.3) is 11.4 Å². The number of pyridine rings is 1.